The lowest BCUT2D eigenvalue weighted by Gasteiger charge is -2.30. The average molecular weight is 328 g/mol. The van der Waals surface area contributed by atoms with E-state index in [4.69, 9.17) is 13.2 Å². The zero-order valence-electron chi connectivity index (χ0n) is 10.1. The van der Waals surface area contributed by atoms with Crippen LogP contribution in [0.4, 0.5) is 0 Å². The molecule has 0 unspecified atom stereocenters. The first-order chi connectivity index (χ1) is 8.49. The highest BCUT2D eigenvalue weighted by atomic mass is 36.0. The number of fused-ring (bicyclic) bond motifs is 1. The molecule has 106 valence electrons. The van der Waals surface area contributed by atoms with Crippen LogP contribution in [0.1, 0.15) is 20.3 Å². The topological polar surface area (TPSA) is 86.5 Å². The van der Waals surface area contributed by atoms with Crippen LogP contribution in [0, 0.1) is 10.1 Å². The highest BCUT2D eigenvalue weighted by Crippen LogP contribution is 2.36. The predicted octanol–water partition coefficient (Wildman–Crippen LogP) is 2.88. The molecule has 1 heterocycles. The SMILES string of the molecule is CC1(C)CC=C2C(=CC=C2[N+](=O)[O-])O1.O=S(=O)(Cl)Cl. The Bertz CT molecular complexity index is 581. The van der Waals surface area contributed by atoms with Crippen LogP contribution in [0.15, 0.2) is 35.3 Å². The van der Waals surface area contributed by atoms with Crippen LogP contribution in [-0.2, 0) is 13.0 Å². The first-order valence-corrected chi connectivity index (χ1v) is 8.24. The molecular formula is C10H11Cl2NO5S. The van der Waals surface area contributed by atoms with Gasteiger partial charge in [-0.15, -0.1) is 0 Å². The number of allylic oxidation sites excluding steroid dienone is 2. The molecule has 0 fully saturated rings. The number of nitro groups is 1. The lowest BCUT2D eigenvalue weighted by Crippen LogP contribution is -2.27. The summed E-state index contributed by atoms with van der Waals surface area (Å²) >= 11 is 0. The van der Waals surface area contributed by atoms with Crippen LogP contribution >= 0.6 is 21.4 Å². The molecule has 0 spiro atoms. The Hall–Kier alpha value is -1.05. The summed E-state index contributed by atoms with van der Waals surface area (Å²) in [5, 5.41) is 10.6. The summed E-state index contributed by atoms with van der Waals surface area (Å²) in [5.74, 6) is 0.618. The van der Waals surface area contributed by atoms with E-state index in [9.17, 15) is 10.1 Å². The molecule has 0 radical (unpaired) electrons. The largest absolute Gasteiger partial charge is 0.487 e. The zero-order chi connectivity index (χ0) is 14.8. The van der Waals surface area contributed by atoms with Crippen molar-refractivity contribution >= 4 is 29.6 Å². The summed E-state index contributed by atoms with van der Waals surface area (Å²) in [6, 6.07) is 0. The van der Waals surface area contributed by atoms with E-state index in [0.717, 1.165) is 0 Å². The number of halogens is 2. The van der Waals surface area contributed by atoms with Crippen molar-refractivity contribution < 1.29 is 18.1 Å². The van der Waals surface area contributed by atoms with Gasteiger partial charge in [0.2, 0.25) is 0 Å². The molecule has 0 bridgehead atoms. The molecule has 1 aliphatic carbocycles. The van der Waals surface area contributed by atoms with E-state index >= 15 is 0 Å². The maximum absolute atomic E-state index is 10.6. The Morgan fingerprint density at radius 3 is 2.37 bits per heavy atom. The molecule has 2 rings (SSSR count). The van der Waals surface area contributed by atoms with Gasteiger partial charge in [0.1, 0.15) is 11.4 Å². The average Bonchev–Trinajstić information content (AvgIpc) is 2.55. The molecule has 0 saturated heterocycles. The van der Waals surface area contributed by atoms with Gasteiger partial charge in [0.05, 0.1) is 10.5 Å². The first-order valence-electron chi connectivity index (χ1n) is 5.10. The quantitative estimate of drug-likeness (QED) is 0.420. The fourth-order valence-electron chi connectivity index (χ4n) is 1.60. The summed E-state index contributed by atoms with van der Waals surface area (Å²) in [5.41, 5.74) is 0.500. The third-order valence-electron chi connectivity index (χ3n) is 2.31. The maximum Gasteiger partial charge on any atom is 0.317 e. The highest BCUT2D eigenvalue weighted by molar-refractivity contribution is 8.31. The number of hydrogen-bond donors (Lipinski definition) is 0. The van der Waals surface area contributed by atoms with Crippen LogP contribution in [0.2, 0.25) is 0 Å². The Morgan fingerprint density at radius 2 is 1.89 bits per heavy atom. The number of hydrogen-bond acceptors (Lipinski definition) is 5. The van der Waals surface area contributed by atoms with Crippen molar-refractivity contribution in [2.75, 3.05) is 0 Å². The Kier molecular flexibility index (Phi) is 4.65. The van der Waals surface area contributed by atoms with Gasteiger partial charge in [0.15, 0.2) is 0 Å². The summed E-state index contributed by atoms with van der Waals surface area (Å²) in [4.78, 5) is 10.2. The van der Waals surface area contributed by atoms with Crippen LogP contribution in [-0.4, -0.2) is 18.9 Å². The Morgan fingerprint density at radius 1 is 1.37 bits per heavy atom. The highest BCUT2D eigenvalue weighted by Gasteiger charge is 2.34. The van der Waals surface area contributed by atoms with Crippen molar-refractivity contribution in [1.82, 2.24) is 0 Å². The van der Waals surface area contributed by atoms with Crippen LogP contribution in [0.3, 0.4) is 0 Å². The van der Waals surface area contributed by atoms with Crippen LogP contribution < -0.4 is 0 Å². The molecule has 6 nitrogen and oxygen atoms in total. The van der Waals surface area contributed by atoms with E-state index in [1.807, 2.05) is 19.9 Å². The number of rotatable bonds is 1. The van der Waals surface area contributed by atoms with Gasteiger partial charge >= 0.3 is 8.26 Å². The van der Waals surface area contributed by atoms with Gasteiger partial charge in [0.25, 0.3) is 5.70 Å². The van der Waals surface area contributed by atoms with Gasteiger partial charge in [0, 0.05) is 33.9 Å². The minimum atomic E-state index is -3.72. The standard InChI is InChI=1S/C10H11NO3.Cl2O2S/c1-10(2)6-5-7-8(11(12)13)3-4-9(7)14-10;1-5(2,3)4/h3-5H,6H2,1-2H3;. The van der Waals surface area contributed by atoms with Crippen molar-refractivity contribution in [3.05, 3.63) is 45.4 Å². The van der Waals surface area contributed by atoms with Crippen LogP contribution in [0.25, 0.3) is 0 Å². The van der Waals surface area contributed by atoms with Gasteiger partial charge in [-0.2, -0.15) is 8.42 Å². The van der Waals surface area contributed by atoms with Gasteiger partial charge in [-0.05, 0) is 19.9 Å². The van der Waals surface area contributed by atoms with Crippen molar-refractivity contribution in [2.45, 2.75) is 25.9 Å². The molecule has 0 aromatic heterocycles. The smallest absolute Gasteiger partial charge is 0.317 e. The summed E-state index contributed by atoms with van der Waals surface area (Å²) < 4.78 is 23.9. The molecular weight excluding hydrogens is 317 g/mol. The summed E-state index contributed by atoms with van der Waals surface area (Å²) in [7, 11) is 4.81. The molecule has 0 N–H and O–H groups in total. The van der Waals surface area contributed by atoms with E-state index in [1.165, 1.54) is 6.08 Å². The molecule has 0 aromatic carbocycles. The van der Waals surface area contributed by atoms with Gasteiger partial charge in [-0.3, -0.25) is 10.1 Å². The fourth-order valence-corrected chi connectivity index (χ4v) is 1.60. The van der Waals surface area contributed by atoms with E-state index in [1.54, 1.807) is 6.08 Å². The van der Waals surface area contributed by atoms with Crippen molar-refractivity contribution in [3.63, 3.8) is 0 Å². The molecule has 9 heteroatoms. The van der Waals surface area contributed by atoms with E-state index < -0.39 is 8.26 Å². The van der Waals surface area contributed by atoms with E-state index in [0.29, 0.717) is 17.8 Å². The van der Waals surface area contributed by atoms with Crippen LogP contribution in [0.5, 0.6) is 0 Å². The maximum atomic E-state index is 10.6. The predicted molar refractivity (Wildman–Crippen MR) is 71.7 cm³/mol. The van der Waals surface area contributed by atoms with E-state index in [-0.39, 0.29) is 16.2 Å². The molecule has 0 amide bonds. The minimum absolute atomic E-state index is 0.135. The Balaban J connectivity index is 0.000000312. The van der Waals surface area contributed by atoms with Crippen molar-refractivity contribution in [3.8, 4) is 0 Å². The number of nitrogens with zero attached hydrogens (tertiary/aromatic N) is 1. The summed E-state index contributed by atoms with van der Waals surface area (Å²) in [6.07, 6.45) is 5.72. The van der Waals surface area contributed by atoms with E-state index in [2.05, 4.69) is 21.4 Å². The lowest BCUT2D eigenvalue weighted by atomic mass is 9.98. The zero-order valence-corrected chi connectivity index (χ0v) is 12.4. The van der Waals surface area contributed by atoms with Gasteiger partial charge < -0.3 is 4.74 Å². The molecule has 2 aliphatic rings. The lowest BCUT2D eigenvalue weighted by molar-refractivity contribution is -0.420. The molecule has 1 aliphatic heterocycles. The molecule has 0 aromatic rings. The summed E-state index contributed by atoms with van der Waals surface area (Å²) in [6.45, 7) is 3.93. The first kappa shape index (κ1) is 16.0. The third-order valence-corrected chi connectivity index (χ3v) is 2.31. The molecule has 19 heavy (non-hydrogen) atoms. The number of ether oxygens (including phenoxy) is 1. The second-order valence-electron chi connectivity index (χ2n) is 4.40. The van der Waals surface area contributed by atoms with Gasteiger partial charge in [-0.1, -0.05) is 6.08 Å². The minimum Gasteiger partial charge on any atom is -0.487 e. The second-order valence-corrected chi connectivity index (χ2v) is 8.07. The normalized spacial score (nSPS) is 19.9. The monoisotopic (exact) mass is 327 g/mol. The fraction of sp³-hybridized carbons (Fsp3) is 0.400. The third kappa shape index (κ3) is 5.22. The Labute approximate surface area is 119 Å². The molecule has 0 saturated carbocycles. The second kappa shape index (κ2) is 5.52. The van der Waals surface area contributed by atoms with Gasteiger partial charge in [-0.25, -0.2) is 0 Å². The molecule has 0 atom stereocenters. The van der Waals surface area contributed by atoms with Crippen molar-refractivity contribution in [1.29, 1.82) is 0 Å². The van der Waals surface area contributed by atoms with Crippen molar-refractivity contribution in [2.24, 2.45) is 0 Å².